The molecule has 0 spiro atoms. The number of hydrogen-bond donors (Lipinski definition) is 0. The van der Waals surface area contributed by atoms with Crippen molar-refractivity contribution in [2.75, 3.05) is 14.2 Å². The van der Waals surface area contributed by atoms with E-state index < -0.39 is 0 Å². The molecule has 6 rings (SSSR count). The third-order valence-corrected chi connectivity index (χ3v) is 14.6. The summed E-state index contributed by atoms with van der Waals surface area (Å²) in [7, 11) is 3.86. The zero-order valence-corrected chi connectivity index (χ0v) is 29.6. The van der Waals surface area contributed by atoms with Gasteiger partial charge in [0.25, 0.3) is 0 Å². The smallest absolute Gasteiger partial charge is 0.0572 e. The molecular formula is C40H72N2O2. The molecule has 0 aliphatic heterocycles. The van der Waals surface area contributed by atoms with Crippen molar-refractivity contribution in [1.29, 1.82) is 0 Å². The summed E-state index contributed by atoms with van der Waals surface area (Å²) in [5.41, 5.74) is 0. The molecule has 44 heavy (non-hydrogen) atoms. The first-order valence-corrected chi connectivity index (χ1v) is 20.1. The van der Waals surface area contributed by atoms with Crippen molar-refractivity contribution in [3.05, 3.63) is 0 Å². The third kappa shape index (κ3) is 8.27. The van der Waals surface area contributed by atoms with Crippen LogP contribution in [-0.4, -0.2) is 72.5 Å². The van der Waals surface area contributed by atoms with Crippen molar-refractivity contribution in [2.45, 2.75) is 216 Å². The van der Waals surface area contributed by atoms with Gasteiger partial charge in [0.2, 0.25) is 0 Å². The van der Waals surface area contributed by atoms with Crippen LogP contribution in [0.25, 0.3) is 0 Å². The summed E-state index contributed by atoms with van der Waals surface area (Å²) in [5, 5.41) is 0. The maximum atomic E-state index is 5.78. The molecule has 6 fully saturated rings. The molecule has 4 nitrogen and oxygen atoms in total. The fourth-order valence-electron chi connectivity index (χ4n) is 11.8. The van der Waals surface area contributed by atoms with Crippen LogP contribution in [0.4, 0.5) is 0 Å². The van der Waals surface area contributed by atoms with Gasteiger partial charge in [-0.3, -0.25) is 9.80 Å². The van der Waals surface area contributed by atoms with Crippen molar-refractivity contribution in [1.82, 2.24) is 9.80 Å². The average molecular weight is 613 g/mol. The lowest BCUT2D eigenvalue weighted by Gasteiger charge is -2.51. The summed E-state index contributed by atoms with van der Waals surface area (Å²) in [4.78, 5) is 6.32. The average Bonchev–Trinajstić information content (AvgIpc) is 3.08. The first-order chi connectivity index (χ1) is 21.5. The molecule has 0 atom stereocenters. The first-order valence-electron chi connectivity index (χ1n) is 20.1. The number of rotatable bonds is 9. The number of methoxy groups -OCH3 is 2. The van der Waals surface area contributed by atoms with E-state index in [1.807, 2.05) is 14.2 Å². The molecule has 0 unspecified atom stereocenters. The van der Waals surface area contributed by atoms with Crippen molar-refractivity contribution in [3.8, 4) is 0 Å². The van der Waals surface area contributed by atoms with Gasteiger partial charge in [-0.2, -0.15) is 0 Å². The molecule has 0 N–H and O–H groups in total. The van der Waals surface area contributed by atoms with Crippen LogP contribution in [-0.2, 0) is 9.47 Å². The SMILES string of the molecule is COC1CCC(N(C2CCC(C)CC2)C2CCC(C3CCC(N(C4CCC(C)CC4)C4CCC(OC)CC4)CC3)CC2)CC1. The Morgan fingerprint density at radius 2 is 0.545 bits per heavy atom. The predicted octanol–water partition coefficient (Wildman–Crippen LogP) is 9.78. The van der Waals surface area contributed by atoms with Crippen LogP contribution in [0.2, 0.25) is 0 Å². The molecule has 0 aromatic carbocycles. The summed E-state index contributed by atoms with van der Waals surface area (Å²) in [6, 6.07) is 5.09. The van der Waals surface area contributed by atoms with Crippen LogP contribution in [0.1, 0.15) is 168 Å². The monoisotopic (exact) mass is 613 g/mol. The van der Waals surface area contributed by atoms with Crippen LogP contribution in [0.5, 0.6) is 0 Å². The van der Waals surface area contributed by atoms with Crippen molar-refractivity contribution >= 4 is 0 Å². The van der Waals surface area contributed by atoms with E-state index in [1.54, 1.807) is 0 Å². The van der Waals surface area contributed by atoms with E-state index in [0.717, 1.165) is 59.9 Å². The molecular weight excluding hydrogens is 540 g/mol. The minimum absolute atomic E-state index is 0.517. The molecule has 254 valence electrons. The Morgan fingerprint density at radius 1 is 0.318 bits per heavy atom. The van der Waals surface area contributed by atoms with E-state index in [4.69, 9.17) is 9.47 Å². The summed E-state index contributed by atoms with van der Waals surface area (Å²) in [6.45, 7) is 4.98. The van der Waals surface area contributed by atoms with Gasteiger partial charge in [-0.05, 0) is 178 Å². The largest absolute Gasteiger partial charge is 0.381 e. The van der Waals surface area contributed by atoms with E-state index in [9.17, 15) is 0 Å². The van der Waals surface area contributed by atoms with E-state index in [2.05, 4.69) is 23.6 Å². The Morgan fingerprint density at radius 3 is 0.795 bits per heavy atom. The molecule has 0 bridgehead atoms. The Kier molecular flexibility index (Phi) is 12.5. The van der Waals surface area contributed by atoms with Gasteiger partial charge < -0.3 is 9.47 Å². The van der Waals surface area contributed by atoms with Gasteiger partial charge in [0.05, 0.1) is 12.2 Å². The quantitative estimate of drug-likeness (QED) is 0.259. The maximum Gasteiger partial charge on any atom is 0.0572 e. The van der Waals surface area contributed by atoms with E-state index in [1.165, 1.54) is 154 Å². The van der Waals surface area contributed by atoms with E-state index >= 15 is 0 Å². The lowest BCUT2D eigenvalue weighted by Crippen LogP contribution is -2.54. The normalized spacial score (nSPS) is 44.6. The van der Waals surface area contributed by atoms with Crippen LogP contribution >= 0.6 is 0 Å². The number of hydrogen-bond acceptors (Lipinski definition) is 4. The Hall–Kier alpha value is -0.160. The molecule has 0 aromatic rings. The van der Waals surface area contributed by atoms with Gasteiger partial charge in [-0.1, -0.05) is 13.8 Å². The predicted molar refractivity (Wildman–Crippen MR) is 184 cm³/mol. The lowest BCUT2D eigenvalue weighted by atomic mass is 9.70. The Labute approximate surface area is 273 Å². The molecule has 6 saturated carbocycles. The third-order valence-electron chi connectivity index (χ3n) is 14.6. The molecule has 6 aliphatic carbocycles. The second-order valence-corrected chi connectivity index (χ2v) is 17.2. The maximum absolute atomic E-state index is 5.78. The standard InChI is InChI=1S/C40H72N2O2/c1-29-5-13-33(14-6-29)41(37-21-25-39(43-3)26-22-37)35-17-9-31(10-18-35)32-11-19-36(20-12-32)42(34-15-7-30(2)8-16-34)38-23-27-40(44-4)28-24-38/h29-40H,5-28H2,1-4H3. The second-order valence-electron chi connectivity index (χ2n) is 17.2. The van der Waals surface area contributed by atoms with Crippen LogP contribution in [0.15, 0.2) is 0 Å². The second kappa shape index (κ2) is 16.3. The lowest BCUT2D eigenvalue weighted by molar-refractivity contribution is -0.0284. The highest BCUT2D eigenvalue weighted by atomic mass is 16.5. The number of ether oxygens (including phenoxy) is 2. The highest BCUT2D eigenvalue weighted by molar-refractivity contribution is 4.96. The molecule has 0 amide bonds. The summed E-state index contributed by atoms with van der Waals surface area (Å²) < 4.78 is 11.6. The van der Waals surface area contributed by atoms with Crippen LogP contribution in [0, 0.1) is 23.7 Å². The van der Waals surface area contributed by atoms with E-state index in [-0.39, 0.29) is 0 Å². The van der Waals surface area contributed by atoms with E-state index in [0.29, 0.717) is 12.2 Å². The molecule has 0 saturated heterocycles. The molecule has 4 heteroatoms. The summed E-state index contributed by atoms with van der Waals surface area (Å²) >= 11 is 0. The highest BCUT2D eigenvalue weighted by Gasteiger charge is 2.42. The zero-order chi connectivity index (χ0) is 30.5. The zero-order valence-electron chi connectivity index (χ0n) is 29.6. The van der Waals surface area contributed by atoms with Crippen molar-refractivity contribution < 1.29 is 9.47 Å². The Bertz CT molecular complexity index is 735. The van der Waals surface area contributed by atoms with Crippen molar-refractivity contribution in [2.24, 2.45) is 23.7 Å². The van der Waals surface area contributed by atoms with Gasteiger partial charge in [0.15, 0.2) is 0 Å². The minimum Gasteiger partial charge on any atom is -0.381 e. The van der Waals surface area contributed by atoms with Crippen LogP contribution in [0.3, 0.4) is 0 Å². The number of nitrogens with zero attached hydrogens (tertiary/aromatic N) is 2. The van der Waals surface area contributed by atoms with Crippen molar-refractivity contribution in [3.63, 3.8) is 0 Å². The van der Waals surface area contributed by atoms with Gasteiger partial charge >= 0.3 is 0 Å². The molecule has 0 heterocycles. The van der Waals surface area contributed by atoms with Gasteiger partial charge in [-0.25, -0.2) is 0 Å². The van der Waals surface area contributed by atoms with Gasteiger partial charge in [0.1, 0.15) is 0 Å². The molecule has 0 aromatic heterocycles. The highest BCUT2D eigenvalue weighted by Crippen LogP contribution is 2.45. The molecule has 0 radical (unpaired) electrons. The van der Waals surface area contributed by atoms with Gasteiger partial charge in [-0.15, -0.1) is 0 Å². The summed E-state index contributed by atoms with van der Waals surface area (Å²) in [5.74, 6) is 3.90. The van der Waals surface area contributed by atoms with Gasteiger partial charge in [0, 0.05) is 50.5 Å². The fourth-order valence-corrected chi connectivity index (χ4v) is 11.8. The van der Waals surface area contributed by atoms with Crippen LogP contribution < -0.4 is 0 Å². The minimum atomic E-state index is 0.517. The molecule has 6 aliphatic rings. The topological polar surface area (TPSA) is 24.9 Å². The first kappa shape index (κ1) is 33.7. The fraction of sp³-hybridized carbons (Fsp3) is 1.00. The summed E-state index contributed by atoms with van der Waals surface area (Å²) in [6.07, 6.45) is 35.3. The Balaban J connectivity index is 1.03.